The summed E-state index contributed by atoms with van der Waals surface area (Å²) in [6.45, 7) is 1.80. The fraction of sp³-hybridized carbons (Fsp3) is 0.533. The molecule has 1 aliphatic heterocycles. The number of rotatable bonds is 4. The van der Waals surface area contributed by atoms with Crippen molar-refractivity contribution in [3.8, 4) is 17.6 Å². The Morgan fingerprint density at radius 1 is 1.37 bits per heavy atom. The quantitative estimate of drug-likeness (QED) is 0.834. The Hall–Kier alpha value is -1.73. The highest BCUT2D eigenvalue weighted by molar-refractivity contribution is 5.46. The Morgan fingerprint density at radius 3 is 2.89 bits per heavy atom. The zero-order valence-electron chi connectivity index (χ0n) is 11.6. The highest BCUT2D eigenvalue weighted by Gasteiger charge is 2.20. The predicted molar refractivity (Wildman–Crippen MR) is 73.5 cm³/mol. The third kappa shape index (κ3) is 3.39. The SMILES string of the molecule is COc1cc(C#N)ccc1OCC1CCCCN1C. The molecule has 1 atom stereocenters. The van der Waals surface area contributed by atoms with Gasteiger partial charge in [0.25, 0.3) is 0 Å². The zero-order chi connectivity index (χ0) is 13.7. The number of methoxy groups -OCH3 is 1. The van der Waals surface area contributed by atoms with Gasteiger partial charge in [0.1, 0.15) is 6.61 Å². The molecule has 0 amide bonds. The van der Waals surface area contributed by atoms with Gasteiger partial charge in [0.05, 0.1) is 18.7 Å². The van der Waals surface area contributed by atoms with Crippen LogP contribution in [0.2, 0.25) is 0 Å². The first-order valence-electron chi connectivity index (χ1n) is 6.65. The van der Waals surface area contributed by atoms with Crippen molar-refractivity contribution in [2.45, 2.75) is 25.3 Å². The Morgan fingerprint density at radius 2 is 2.21 bits per heavy atom. The maximum absolute atomic E-state index is 8.86. The first kappa shape index (κ1) is 13.7. The first-order chi connectivity index (χ1) is 9.24. The van der Waals surface area contributed by atoms with E-state index in [1.807, 2.05) is 0 Å². The average molecular weight is 260 g/mol. The molecule has 2 rings (SSSR count). The lowest BCUT2D eigenvalue weighted by atomic mass is 10.0. The van der Waals surface area contributed by atoms with Gasteiger partial charge in [0.15, 0.2) is 11.5 Å². The monoisotopic (exact) mass is 260 g/mol. The highest BCUT2D eigenvalue weighted by atomic mass is 16.5. The summed E-state index contributed by atoms with van der Waals surface area (Å²) < 4.78 is 11.1. The van der Waals surface area contributed by atoms with Crippen LogP contribution in [0.25, 0.3) is 0 Å². The number of piperidine rings is 1. The second-order valence-electron chi connectivity index (χ2n) is 4.92. The second-order valence-corrected chi connectivity index (χ2v) is 4.92. The van der Waals surface area contributed by atoms with Crippen LogP contribution in [-0.4, -0.2) is 38.3 Å². The van der Waals surface area contributed by atoms with E-state index in [0.29, 0.717) is 29.7 Å². The van der Waals surface area contributed by atoms with Crippen molar-refractivity contribution in [2.24, 2.45) is 0 Å². The summed E-state index contributed by atoms with van der Waals surface area (Å²) in [6, 6.07) is 7.83. The summed E-state index contributed by atoms with van der Waals surface area (Å²) >= 11 is 0. The van der Waals surface area contributed by atoms with Gasteiger partial charge in [-0.25, -0.2) is 0 Å². The molecule has 4 heteroatoms. The van der Waals surface area contributed by atoms with Crippen molar-refractivity contribution in [1.29, 1.82) is 5.26 Å². The topological polar surface area (TPSA) is 45.5 Å². The lowest BCUT2D eigenvalue weighted by Crippen LogP contribution is -2.40. The van der Waals surface area contributed by atoms with Crippen LogP contribution in [0, 0.1) is 11.3 Å². The van der Waals surface area contributed by atoms with Gasteiger partial charge in [0, 0.05) is 12.1 Å². The number of hydrogen-bond donors (Lipinski definition) is 0. The molecule has 0 aromatic heterocycles. The van der Waals surface area contributed by atoms with Crippen molar-refractivity contribution >= 4 is 0 Å². The van der Waals surface area contributed by atoms with Gasteiger partial charge in [-0.15, -0.1) is 0 Å². The van der Waals surface area contributed by atoms with Gasteiger partial charge in [0.2, 0.25) is 0 Å². The van der Waals surface area contributed by atoms with Gasteiger partial charge in [-0.1, -0.05) is 6.42 Å². The summed E-state index contributed by atoms with van der Waals surface area (Å²) in [6.07, 6.45) is 3.71. The molecule has 1 aromatic rings. The van der Waals surface area contributed by atoms with E-state index in [4.69, 9.17) is 14.7 Å². The molecule has 1 heterocycles. The van der Waals surface area contributed by atoms with E-state index in [9.17, 15) is 0 Å². The van der Waals surface area contributed by atoms with E-state index in [1.165, 1.54) is 19.3 Å². The fourth-order valence-corrected chi connectivity index (χ4v) is 2.40. The number of ether oxygens (including phenoxy) is 2. The smallest absolute Gasteiger partial charge is 0.162 e. The lowest BCUT2D eigenvalue weighted by molar-refractivity contribution is 0.123. The van der Waals surface area contributed by atoms with Gasteiger partial charge >= 0.3 is 0 Å². The van der Waals surface area contributed by atoms with Crippen molar-refractivity contribution < 1.29 is 9.47 Å². The minimum Gasteiger partial charge on any atom is -0.493 e. The normalized spacial score (nSPS) is 19.7. The molecule has 0 radical (unpaired) electrons. The van der Waals surface area contributed by atoms with Crippen LogP contribution in [-0.2, 0) is 0 Å². The molecule has 0 saturated carbocycles. The van der Waals surface area contributed by atoms with E-state index < -0.39 is 0 Å². The van der Waals surface area contributed by atoms with Crippen LogP contribution in [0.5, 0.6) is 11.5 Å². The van der Waals surface area contributed by atoms with Crippen LogP contribution in [0.4, 0.5) is 0 Å². The Kier molecular flexibility index (Phi) is 4.64. The van der Waals surface area contributed by atoms with E-state index >= 15 is 0 Å². The Bertz CT molecular complexity index is 468. The Balaban J connectivity index is 2.01. The summed E-state index contributed by atoms with van der Waals surface area (Å²) in [4.78, 5) is 2.35. The number of hydrogen-bond acceptors (Lipinski definition) is 4. The molecular weight excluding hydrogens is 240 g/mol. The van der Waals surface area contributed by atoms with Crippen molar-refractivity contribution in [2.75, 3.05) is 27.3 Å². The van der Waals surface area contributed by atoms with Gasteiger partial charge < -0.3 is 14.4 Å². The number of nitrogens with zero attached hydrogens (tertiary/aromatic N) is 2. The highest BCUT2D eigenvalue weighted by Crippen LogP contribution is 2.28. The van der Waals surface area contributed by atoms with Crippen LogP contribution < -0.4 is 9.47 Å². The molecule has 1 fully saturated rings. The van der Waals surface area contributed by atoms with Crippen molar-refractivity contribution in [1.82, 2.24) is 4.90 Å². The summed E-state index contributed by atoms with van der Waals surface area (Å²) in [5.41, 5.74) is 0.582. The molecule has 1 aromatic carbocycles. The second kappa shape index (κ2) is 6.44. The summed E-state index contributed by atoms with van der Waals surface area (Å²) in [5.74, 6) is 1.33. The summed E-state index contributed by atoms with van der Waals surface area (Å²) in [5, 5.41) is 8.86. The van der Waals surface area contributed by atoms with Crippen molar-refractivity contribution in [3.05, 3.63) is 23.8 Å². The van der Waals surface area contributed by atoms with E-state index in [0.717, 1.165) is 6.54 Å². The zero-order valence-corrected chi connectivity index (χ0v) is 11.6. The van der Waals surface area contributed by atoms with Gasteiger partial charge in [-0.3, -0.25) is 0 Å². The summed E-state index contributed by atoms with van der Waals surface area (Å²) in [7, 11) is 3.74. The minimum absolute atomic E-state index is 0.467. The van der Waals surface area contributed by atoms with Gasteiger partial charge in [-0.2, -0.15) is 5.26 Å². The maximum atomic E-state index is 8.86. The molecule has 102 valence electrons. The predicted octanol–water partition coefficient (Wildman–Crippen LogP) is 2.43. The molecule has 1 aliphatic rings. The van der Waals surface area contributed by atoms with E-state index in [-0.39, 0.29) is 0 Å². The van der Waals surface area contributed by atoms with Crippen LogP contribution >= 0.6 is 0 Å². The number of likely N-dealkylation sites (N-methyl/N-ethyl adjacent to an activating group) is 1. The molecule has 0 spiro atoms. The molecule has 4 nitrogen and oxygen atoms in total. The lowest BCUT2D eigenvalue weighted by Gasteiger charge is -2.32. The van der Waals surface area contributed by atoms with Crippen molar-refractivity contribution in [3.63, 3.8) is 0 Å². The van der Waals surface area contributed by atoms with Crippen LogP contribution in [0.3, 0.4) is 0 Å². The third-order valence-corrected chi connectivity index (χ3v) is 3.65. The number of benzene rings is 1. The Labute approximate surface area is 114 Å². The maximum Gasteiger partial charge on any atom is 0.162 e. The fourth-order valence-electron chi connectivity index (χ4n) is 2.40. The standard InChI is InChI=1S/C15H20N2O2/c1-17-8-4-3-5-13(17)11-19-14-7-6-12(10-16)9-15(14)18-2/h6-7,9,13H,3-5,8,11H2,1-2H3. The molecule has 19 heavy (non-hydrogen) atoms. The van der Waals surface area contributed by atoms with E-state index in [2.05, 4.69) is 18.0 Å². The average Bonchev–Trinajstić information content (AvgIpc) is 2.46. The molecule has 0 aliphatic carbocycles. The largest absolute Gasteiger partial charge is 0.493 e. The van der Waals surface area contributed by atoms with Gasteiger partial charge in [-0.05, 0) is 38.6 Å². The van der Waals surface area contributed by atoms with Crippen LogP contribution in [0.1, 0.15) is 24.8 Å². The molecule has 1 unspecified atom stereocenters. The number of nitriles is 1. The number of likely N-dealkylation sites (tertiary alicyclic amines) is 1. The van der Waals surface area contributed by atoms with Crippen LogP contribution in [0.15, 0.2) is 18.2 Å². The molecular formula is C15H20N2O2. The minimum atomic E-state index is 0.467. The van der Waals surface area contributed by atoms with E-state index in [1.54, 1.807) is 25.3 Å². The first-order valence-corrected chi connectivity index (χ1v) is 6.65. The molecule has 1 saturated heterocycles. The molecule has 0 bridgehead atoms. The molecule has 0 N–H and O–H groups in total. The third-order valence-electron chi connectivity index (χ3n) is 3.65.